The third kappa shape index (κ3) is 5.29. The molecule has 1 aliphatic heterocycles. The molecule has 2 aromatic carbocycles. The fourth-order valence-electron chi connectivity index (χ4n) is 3.30. The summed E-state index contributed by atoms with van der Waals surface area (Å²) in [6.45, 7) is 4.21. The van der Waals surface area contributed by atoms with E-state index >= 15 is 0 Å². The third-order valence-corrected chi connectivity index (χ3v) is 6.73. The number of Topliss-reactive ketones (excluding diaryl/α,β-unsaturated/α-hetero) is 1. The molecule has 0 atom stereocenters. The van der Waals surface area contributed by atoms with Gasteiger partial charge in [0.1, 0.15) is 0 Å². The Kier molecular flexibility index (Phi) is 6.46. The molecule has 154 valence electrons. The Labute approximate surface area is 171 Å². The van der Waals surface area contributed by atoms with Crippen molar-refractivity contribution in [1.82, 2.24) is 8.61 Å². The molecule has 1 saturated heterocycles. The second-order valence-electron chi connectivity index (χ2n) is 7.20. The van der Waals surface area contributed by atoms with Gasteiger partial charge in [0.2, 0.25) is 5.91 Å². The van der Waals surface area contributed by atoms with Gasteiger partial charge in [0.25, 0.3) is 10.2 Å². The first-order valence-corrected chi connectivity index (χ1v) is 10.9. The minimum Gasteiger partial charge on any atom is -0.325 e. The van der Waals surface area contributed by atoms with Crippen molar-refractivity contribution >= 4 is 27.6 Å². The van der Waals surface area contributed by atoms with Crippen molar-refractivity contribution in [2.45, 2.75) is 26.8 Å². The average molecular weight is 416 g/mol. The first-order valence-electron chi connectivity index (χ1n) is 9.47. The lowest BCUT2D eigenvalue weighted by Crippen LogP contribution is -2.51. The van der Waals surface area contributed by atoms with Gasteiger partial charge in [-0.05, 0) is 50.1 Å². The van der Waals surface area contributed by atoms with Crippen molar-refractivity contribution in [3.63, 3.8) is 0 Å². The lowest BCUT2D eigenvalue weighted by Gasteiger charge is -2.34. The van der Waals surface area contributed by atoms with Crippen molar-refractivity contribution in [3.05, 3.63) is 65.2 Å². The number of hydrogen-bond acceptors (Lipinski definition) is 4. The number of hydrogen-bond donors (Lipinski definition) is 1. The van der Waals surface area contributed by atoms with Crippen molar-refractivity contribution in [2.75, 3.05) is 25.0 Å². The van der Waals surface area contributed by atoms with Crippen LogP contribution in [0.3, 0.4) is 0 Å². The van der Waals surface area contributed by atoms with Crippen molar-refractivity contribution < 1.29 is 18.0 Å². The summed E-state index contributed by atoms with van der Waals surface area (Å²) >= 11 is 0. The standard InChI is InChI=1S/C21H25N3O4S/c1-16-5-3-6-18(13-16)14-23-11-4-12-24(29(23,27)28)15-21(26)22-20-9-7-19(8-10-20)17(2)25/h3,5-10,13H,4,11-12,14-15H2,1-2H3,(H,22,26). The number of aryl methyl sites for hydroxylation is 1. The van der Waals surface area contributed by atoms with Gasteiger partial charge in [0, 0.05) is 30.9 Å². The van der Waals surface area contributed by atoms with Gasteiger partial charge in [-0.25, -0.2) is 0 Å². The number of rotatable bonds is 6. The molecule has 1 N–H and O–H groups in total. The van der Waals surface area contributed by atoms with Crippen LogP contribution >= 0.6 is 0 Å². The van der Waals surface area contributed by atoms with E-state index in [4.69, 9.17) is 0 Å². The van der Waals surface area contributed by atoms with E-state index in [2.05, 4.69) is 5.32 Å². The Balaban J connectivity index is 1.65. The molecule has 29 heavy (non-hydrogen) atoms. The highest BCUT2D eigenvalue weighted by molar-refractivity contribution is 7.86. The predicted octanol–water partition coefficient (Wildman–Crippen LogP) is 2.59. The van der Waals surface area contributed by atoms with Crippen LogP contribution in [0, 0.1) is 6.92 Å². The molecule has 0 radical (unpaired) electrons. The van der Waals surface area contributed by atoms with Gasteiger partial charge in [-0.1, -0.05) is 29.8 Å². The molecular weight excluding hydrogens is 390 g/mol. The van der Waals surface area contributed by atoms with Crippen LogP contribution in [0.15, 0.2) is 48.5 Å². The maximum Gasteiger partial charge on any atom is 0.282 e. The third-order valence-electron chi connectivity index (χ3n) is 4.80. The molecule has 2 aromatic rings. The van der Waals surface area contributed by atoms with Crippen LogP contribution in [0.25, 0.3) is 0 Å². The molecule has 1 heterocycles. The van der Waals surface area contributed by atoms with Crippen molar-refractivity contribution in [3.8, 4) is 0 Å². The number of carbonyl (C=O) groups is 2. The molecule has 0 saturated carbocycles. The molecule has 7 nitrogen and oxygen atoms in total. The highest BCUT2D eigenvalue weighted by Crippen LogP contribution is 2.20. The molecule has 0 bridgehead atoms. The predicted molar refractivity (Wildman–Crippen MR) is 112 cm³/mol. The Morgan fingerprint density at radius 3 is 2.38 bits per heavy atom. The average Bonchev–Trinajstić information content (AvgIpc) is 2.65. The molecule has 3 rings (SSSR count). The number of carbonyl (C=O) groups excluding carboxylic acids is 2. The van der Waals surface area contributed by atoms with Gasteiger partial charge in [-0.2, -0.15) is 17.0 Å². The topological polar surface area (TPSA) is 86.8 Å². The SMILES string of the molecule is CC(=O)c1ccc(NC(=O)CN2CCCN(Cc3cccc(C)c3)S2(=O)=O)cc1. The van der Waals surface area contributed by atoms with Crippen LogP contribution in [0.2, 0.25) is 0 Å². The van der Waals surface area contributed by atoms with Crippen LogP contribution in [0.1, 0.15) is 34.8 Å². The Bertz CT molecular complexity index is 1000. The van der Waals surface area contributed by atoms with Crippen LogP contribution in [-0.2, 0) is 21.5 Å². The maximum atomic E-state index is 12.9. The van der Waals surface area contributed by atoms with E-state index in [0.29, 0.717) is 30.8 Å². The summed E-state index contributed by atoms with van der Waals surface area (Å²) in [5.41, 5.74) is 3.06. The zero-order valence-electron chi connectivity index (χ0n) is 16.6. The minimum atomic E-state index is -3.72. The van der Waals surface area contributed by atoms with E-state index in [0.717, 1.165) is 11.1 Å². The smallest absolute Gasteiger partial charge is 0.282 e. The summed E-state index contributed by atoms with van der Waals surface area (Å²) in [5, 5.41) is 2.69. The molecule has 8 heteroatoms. The second-order valence-corrected chi connectivity index (χ2v) is 9.13. The summed E-state index contributed by atoms with van der Waals surface area (Å²) in [5.74, 6) is -0.474. The molecule has 1 aliphatic rings. The van der Waals surface area contributed by atoms with Gasteiger partial charge in [0.15, 0.2) is 5.78 Å². The lowest BCUT2D eigenvalue weighted by atomic mass is 10.1. The summed E-state index contributed by atoms with van der Waals surface area (Å²) < 4.78 is 28.5. The number of nitrogens with one attached hydrogen (secondary N) is 1. The fraction of sp³-hybridized carbons (Fsp3) is 0.333. The van der Waals surface area contributed by atoms with Crippen LogP contribution < -0.4 is 5.32 Å². The zero-order valence-corrected chi connectivity index (χ0v) is 17.4. The highest BCUT2D eigenvalue weighted by Gasteiger charge is 2.34. The molecule has 0 spiro atoms. The number of anilines is 1. The highest BCUT2D eigenvalue weighted by atomic mass is 32.2. The normalized spacial score (nSPS) is 17.0. The zero-order chi connectivity index (χ0) is 21.0. The Hall–Kier alpha value is -2.55. The Morgan fingerprint density at radius 2 is 1.72 bits per heavy atom. The van der Waals surface area contributed by atoms with Crippen LogP contribution in [0.4, 0.5) is 5.69 Å². The van der Waals surface area contributed by atoms with E-state index in [1.165, 1.54) is 15.5 Å². The molecule has 1 amide bonds. The molecule has 0 unspecified atom stereocenters. The summed E-state index contributed by atoms with van der Waals surface area (Å²) in [4.78, 5) is 23.7. The van der Waals surface area contributed by atoms with Gasteiger partial charge in [-0.3, -0.25) is 9.59 Å². The number of benzene rings is 2. The quantitative estimate of drug-likeness (QED) is 0.735. The molecular formula is C21H25N3O4S. The van der Waals surface area contributed by atoms with E-state index in [1.54, 1.807) is 24.3 Å². The number of nitrogens with zero attached hydrogens (tertiary/aromatic N) is 2. The van der Waals surface area contributed by atoms with E-state index in [9.17, 15) is 18.0 Å². The van der Waals surface area contributed by atoms with Crippen molar-refractivity contribution in [1.29, 1.82) is 0 Å². The first kappa shape index (κ1) is 21.2. The fourth-order valence-corrected chi connectivity index (χ4v) is 4.94. The van der Waals surface area contributed by atoms with Crippen LogP contribution in [-0.4, -0.2) is 48.4 Å². The van der Waals surface area contributed by atoms with Gasteiger partial charge in [-0.15, -0.1) is 0 Å². The van der Waals surface area contributed by atoms with E-state index < -0.39 is 16.1 Å². The molecule has 0 aliphatic carbocycles. The summed E-state index contributed by atoms with van der Waals surface area (Å²) in [6, 6.07) is 14.2. The monoisotopic (exact) mass is 415 g/mol. The molecule has 0 aromatic heterocycles. The lowest BCUT2D eigenvalue weighted by molar-refractivity contribution is -0.116. The van der Waals surface area contributed by atoms with Crippen LogP contribution in [0.5, 0.6) is 0 Å². The largest absolute Gasteiger partial charge is 0.325 e. The minimum absolute atomic E-state index is 0.0593. The molecule has 1 fully saturated rings. The first-order chi connectivity index (χ1) is 13.8. The number of amides is 1. The van der Waals surface area contributed by atoms with Gasteiger partial charge in [0.05, 0.1) is 6.54 Å². The van der Waals surface area contributed by atoms with E-state index in [1.807, 2.05) is 31.2 Å². The van der Waals surface area contributed by atoms with Gasteiger partial charge >= 0.3 is 0 Å². The Morgan fingerprint density at radius 1 is 1.03 bits per heavy atom. The second kappa shape index (κ2) is 8.86. The summed E-state index contributed by atoms with van der Waals surface area (Å²) in [7, 11) is -3.72. The van der Waals surface area contributed by atoms with E-state index in [-0.39, 0.29) is 18.9 Å². The maximum absolute atomic E-state index is 12.9. The number of ketones is 1. The van der Waals surface area contributed by atoms with Crippen molar-refractivity contribution in [2.24, 2.45) is 0 Å². The summed E-state index contributed by atoms with van der Waals surface area (Å²) in [6.07, 6.45) is 0.658. The van der Waals surface area contributed by atoms with Gasteiger partial charge < -0.3 is 5.32 Å².